The van der Waals surface area contributed by atoms with Gasteiger partial charge in [0, 0.05) is 12.6 Å². The van der Waals surface area contributed by atoms with Crippen LogP contribution < -0.4 is 10.0 Å². The van der Waals surface area contributed by atoms with Gasteiger partial charge in [0.25, 0.3) is 0 Å². The predicted molar refractivity (Wildman–Crippen MR) is 79.1 cm³/mol. The first kappa shape index (κ1) is 17.4. The number of methoxy groups -OCH3 is 1. The van der Waals surface area contributed by atoms with Gasteiger partial charge in [-0.1, -0.05) is 0 Å². The van der Waals surface area contributed by atoms with Crippen molar-refractivity contribution in [2.75, 3.05) is 20.2 Å². The topological polar surface area (TPSA) is 84.5 Å². The molecule has 1 unspecified atom stereocenters. The number of halogens is 1. The molecule has 114 valence electrons. The van der Waals surface area contributed by atoms with Gasteiger partial charge in [0.2, 0.25) is 10.0 Å². The predicted octanol–water partition coefficient (Wildman–Crippen LogP) is 0.987. The van der Waals surface area contributed by atoms with Gasteiger partial charge in [0.1, 0.15) is 9.77 Å². The van der Waals surface area contributed by atoms with Gasteiger partial charge < -0.3 is 10.1 Å². The minimum atomic E-state index is -3.68. The van der Waals surface area contributed by atoms with Crippen LogP contribution in [0.2, 0.25) is 0 Å². The van der Waals surface area contributed by atoms with E-state index < -0.39 is 16.0 Å². The summed E-state index contributed by atoms with van der Waals surface area (Å²) in [4.78, 5) is 11.6. The highest BCUT2D eigenvalue weighted by atomic mass is 35.5. The maximum Gasteiger partial charge on any atom is 0.349 e. The fraction of sp³-hybridized carbons (Fsp3) is 0.545. The Morgan fingerprint density at radius 2 is 2.30 bits per heavy atom. The Morgan fingerprint density at radius 1 is 1.55 bits per heavy atom. The Hall–Kier alpha value is -0.670. The molecule has 0 aliphatic carbocycles. The minimum Gasteiger partial charge on any atom is -0.465 e. The Morgan fingerprint density at radius 3 is 2.90 bits per heavy atom. The van der Waals surface area contributed by atoms with Crippen molar-refractivity contribution >= 4 is 39.7 Å². The van der Waals surface area contributed by atoms with Crippen molar-refractivity contribution in [2.45, 2.75) is 23.8 Å². The van der Waals surface area contributed by atoms with Crippen LogP contribution in [0.5, 0.6) is 0 Å². The summed E-state index contributed by atoms with van der Waals surface area (Å²) in [7, 11) is -2.45. The van der Waals surface area contributed by atoms with Gasteiger partial charge in [-0.15, -0.1) is 23.7 Å². The molecule has 0 bridgehead atoms. The highest BCUT2D eigenvalue weighted by Gasteiger charge is 2.27. The van der Waals surface area contributed by atoms with E-state index in [-0.39, 0.29) is 28.2 Å². The first-order valence-corrected chi connectivity index (χ1v) is 8.30. The van der Waals surface area contributed by atoms with E-state index in [1.165, 1.54) is 13.2 Å². The highest BCUT2D eigenvalue weighted by molar-refractivity contribution is 7.89. The molecule has 2 rings (SSSR count). The normalized spacial score (nSPS) is 19.1. The van der Waals surface area contributed by atoms with Crippen molar-refractivity contribution in [3.05, 3.63) is 16.3 Å². The molecule has 0 saturated carbocycles. The SMILES string of the molecule is COC(=O)c1sccc1S(=O)(=O)NC1CCCNC1.Cl. The second kappa shape index (κ2) is 7.37. The van der Waals surface area contributed by atoms with E-state index in [0.717, 1.165) is 30.7 Å². The van der Waals surface area contributed by atoms with E-state index in [1.807, 2.05) is 0 Å². The third-order valence-electron chi connectivity index (χ3n) is 2.91. The van der Waals surface area contributed by atoms with Crippen molar-refractivity contribution in [2.24, 2.45) is 0 Å². The monoisotopic (exact) mass is 340 g/mol. The number of rotatable bonds is 4. The van der Waals surface area contributed by atoms with Crippen LogP contribution in [-0.2, 0) is 14.8 Å². The van der Waals surface area contributed by atoms with Gasteiger partial charge in [-0.3, -0.25) is 0 Å². The molecule has 1 fully saturated rings. The van der Waals surface area contributed by atoms with Crippen LogP contribution in [0.3, 0.4) is 0 Å². The van der Waals surface area contributed by atoms with Crippen LogP contribution in [-0.4, -0.2) is 40.6 Å². The molecule has 20 heavy (non-hydrogen) atoms. The van der Waals surface area contributed by atoms with E-state index >= 15 is 0 Å². The first-order valence-electron chi connectivity index (χ1n) is 5.93. The van der Waals surface area contributed by atoms with Crippen LogP contribution >= 0.6 is 23.7 Å². The lowest BCUT2D eigenvalue weighted by Gasteiger charge is -2.23. The van der Waals surface area contributed by atoms with Gasteiger partial charge >= 0.3 is 5.97 Å². The zero-order valence-corrected chi connectivity index (χ0v) is 13.4. The molecule has 1 saturated heterocycles. The molecule has 0 aromatic carbocycles. The van der Waals surface area contributed by atoms with E-state index in [0.29, 0.717) is 6.54 Å². The van der Waals surface area contributed by atoms with Gasteiger partial charge in [-0.05, 0) is 30.8 Å². The Labute approximate surface area is 128 Å². The second-order valence-corrected chi connectivity index (χ2v) is 6.87. The smallest absolute Gasteiger partial charge is 0.349 e. The maximum absolute atomic E-state index is 12.3. The molecular weight excluding hydrogens is 324 g/mol. The number of hydrogen-bond acceptors (Lipinski definition) is 6. The number of carbonyl (C=O) groups excluding carboxylic acids is 1. The number of sulfonamides is 1. The standard InChI is InChI=1S/C11H16N2O4S2.ClH/c1-17-11(14)10-9(4-6-18-10)19(15,16)13-8-3-2-5-12-7-8;/h4,6,8,12-13H,2-3,5,7H2,1H3;1H. The average molecular weight is 341 g/mol. The average Bonchev–Trinajstić information content (AvgIpc) is 2.88. The molecule has 0 radical (unpaired) electrons. The molecular formula is C11H17ClN2O4S2. The summed E-state index contributed by atoms with van der Waals surface area (Å²) in [5, 5.41) is 4.70. The van der Waals surface area contributed by atoms with E-state index in [4.69, 9.17) is 0 Å². The summed E-state index contributed by atoms with van der Waals surface area (Å²) in [5.74, 6) is -0.628. The van der Waals surface area contributed by atoms with Gasteiger partial charge in [0.15, 0.2) is 0 Å². The zero-order valence-electron chi connectivity index (χ0n) is 10.9. The largest absolute Gasteiger partial charge is 0.465 e. The quantitative estimate of drug-likeness (QED) is 0.798. The lowest BCUT2D eigenvalue weighted by Crippen LogP contribution is -2.45. The van der Waals surface area contributed by atoms with Crippen molar-refractivity contribution < 1.29 is 17.9 Å². The molecule has 2 heterocycles. The second-order valence-electron chi connectivity index (χ2n) is 4.27. The molecule has 1 aliphatic rings. The fourth-order valence-electron chi connectivity index (χ4n) is 1.99. The van der Waals surface area contributed by atoms with Crippen molar-refractivity contribution in [3.8, 4) is 0 Å². The van der Waals surface area contributed by atoms with Gasteiger partial charge in [-0.25, -0.2) is 17.9 Å². The van der Waals surface area contributed by atoms with Crippen molar-refractivity contribution in [1.29, 1.82) is 0 Å². The number of esters is 1. The van der Waals surface area contributed by atoms with E-state index in [2.05, 4.69) is 14.8 Å². The number of piperidine rings is 1. The summed E-state index contributed by atoms with van der Waals surface area (Å²) in [6.07, 6.45) is 1.73. The number of carbonyl (C=O) groups is 1. The third kappa shape index (κ3) is 3.92. The lowest BCUT2D eigenvalue weighted by atomic mass is 10.1. The van der Waals surface area contributed by atoms with Crippen LogP contribution in [0.15, 0.2) is 16.3 Å². The number of thiophene rings is 1. The molecule has 1 aliphatic heterocycles. The molecule has 2 N–H and O–H groups in total. The Kier molecular flexibility index (Phi) is 6.41. The molecule has 1 aromatic rings. The first-order chi connectivity index (χ1) is 9.04. The van der Waals surface area contributed by atoms with Gasteiger partial charge in [0.05, 0.1) is 7.11 Å². The highest BCUT2D eigenvalue weighted by Crippen LogP contribution is 2.23. The zero-order chi connectivity index (χ0) is 13.9. The van der Waals surface area contributed by atoms with Crippen LogP contribution in [0.4, 0.5) is 0 Å². The van der Waals surface area contributed by atoms with Crippen molar-refractivity contribution in [1.82, 2.24) is 10.0 Å². The molecule has 1 atom stereocenters. The van der Waals surface area contributed by atoms with Gasteiger partial charge in [-0.2, -0.15) is 0 Å². The Bertz CT molecular complexity index is 553. The van der Waals surface area contributed by atoms with E-state index in [1.54, 1.807) is 5.38 Å². The molecule has 0 spiro atoms. The molecule has 6 nitrogen and oxygen atoms in total. The Balaban J connectivity index is 0.00000200. The summed E-state index contributed by atoms with van der Waals surface area (Å²) in [5.41, 5.74) is 0. The number of nitrogens with one attached hydrogen (secondary N) is 2. The molecule has 9 heteroatoms. The summed E-state index contributed by atoms with van der Waals surface area (Å²) >= 11 is 1.06. The summed E-state index contributed by atoms with van der Waals surface area (Å²) in [6, 6.07) is 1.29. The fourth-order valence-corrected chi connectivity index (χ4v) is 4.59. The maximum atomic E-state index is 12.3. The van der Waals surface area contributed by atoms with Crippen LogP contribution in [0, 0.1) is 0 Å². The lowest BCUT2D eigenvalue weighted by molar-refractivity contribution is 0.0602. The molecule has 0 amide bonds. The van der Waals surface area contributed by atoms with Crippen LogP contribution in [0.1, 0.15) is 22.5 Å². The van der Waals surface area contributed by atoms with Crippen LogP contribution in [0.25, 0.3) is 0 Å². The third-order valence-corrected chi connectivity index (χ3v) is 5.49. The van der Waals surface area contributed by atoms with Crippen molar-refractivity contribution in [3.63, 3.8) is 0 Å². The van der Waals surface area contributed by atoms with E-state index in [9.17, 15) is 13.2 Å². The molecule has 1 aromatic heterocycles. The number of ether oxygens (including phenoxy) is 1. The summed E-state index contributed by atoms with van der Waals surface area (Å²) < 4.78 is 31.7. The summed E-state index contributed by atoms with van der Waals surface area (Å²) in [6.45, 7) is 1.51. The number of hydrogen-bond donors (Lipinski definition) is 2. The minimum absolute atomic E-state index is 0.